The Balaban J connectivity index is 2.73. The predicted octanol–water partition coefficient (Wildman–Crippen LogP) is 0.983. The van der Waals surface area contributed by atoms with E-state index >= 15 is 0 Å². The summed E-state index contributed by atoms with van der Waals surface area (Å²) in [4.78, 5) is 11.9. The third-order valence-corrected chi connectivity index (χ3v) is 3.35. The molecule has 1 unspecified atom stereocenters. The van der Waals surface area contributed by atoms with Crippen molar-refractivity contribution >= 4 is 17.3 Å². The van der Waals surface area contributed by atoms with Crippen molar-refractivity contribution < 1.29 is 9.90 Å². The zero-order valence-electron chi connectivity index (χ0n) is 8.43. The van der Waals surface area contributed by atoms with Gasteiger partial charge in [-0.15, -0.1) is 11.3 Å². The number of carboxylic acids is 1. The molecule has 0 aliphatic carbocycles. The van der Waals surface area contributed by atoms with Gasteiger partial charge >= 0.3 is 5.97 Å². The van der Waals surface area contributed by atoms with Gasteiger partial charge in [0.05, 0.1) is 0 Å². The van der Waals surface area contributed by atoms with Gasteiger partial charge < -0.3 is 16.6 Å². The Hall–Kier alpha value is -0.910. The van der Waals surface area contributed by atoms with E-state index in [0.717, 1.165) is 17.7 Å². The lowest BCUT2D eigenvalue weighted by Crippen LogP contribution is -2.36. The largest absolute Gasteiger partial charge is 0.480 e. The molecule has 5 N–H and O–H groups in total. The number of rotatable bonds is 6. The number of thiophene rings is 1. The van der Waals surface area contributed by atoms with Gasteiger partial charge in [0.25, 0.3) is 0 Å². The van der Waals surface area contributed by atoms with Crippen LogP contribution in [0.4, 0.5) is 0 Å². The van der Waals surface area contributed by atoms with Crippen LogP contribution in [0.25, 0.3) is 0 Å². The Morgan fingerprint density at radius 3 is 2.80 bits per heavy atom. The Labute approximate surface area is 92.9 Å². The van der Waals surface area contributed by atoms with Crippen molar-refractivity contribution in [2.24, 2.45) is 11.5 Å². The van der Waals surface area contributed by atoms with Crippen LogP contribution in [0.3, 0.4) is 0 Å². The molecule has 0 aromatic carbocycles. The molecule has 1 heterocycles. The van der Waals surface area contributed by atoms with Gasteiger partial charge in [-0.2, -0.15) is 0 Å². The lowest BCUT2D eigenvalue weighted by Gasteiger charge is -2.19. The molecule has 0 amide bonds. The van der Waals surface area contributed by atoms with E-state index in [2.05, 4.69) is 0 Å². The average molecular weight is 228 g/mol. The van der Waals surface area contributed by atoms with Gasteiger partial charge in [-0.3, -0.25) is 4.79 Å². The zero-order chi connectivity index (χ0) is 11.3. The molecule has 0 saturated carbocycles. The molecule has 84 valence electrons. The Morgan fingerprint density at radius 2 is 2.33 bits per heavy atom. The van der Waals surface area contributed by atoms with Gasteiger partial charge in [0.1, 0.15) is 6.04 Å². The zero-order valence-corrected chi connectivity index (χ0v) is 9.24. The van der Waals surface area contributed by atoms with E-state index in [4.69, 9.17) is 16.6 Å². The molecule has 2 atom stereocenters. The molecule has 0 radical (unpaired) electrons. The van der Waals surface area contributed by atoms with E-state index in [1.165, 1.54) is 0 Å². The number of carbonyl (C=O) groups is 1. The van der Waals surface area contributed by atoms with Crippen molar-refractivity contribution in [3.8, 4) is 0 Å². The SMILES string of the molecule is NCCCC(c1cccs1)[C@H](N)C(=O)O. The van der Waals surface area contributed by atoms with Gasteiger partial charge in [-0.05, 0) is 30.8 Å². The van der Waals surface area contributed by atoms with Gasteiger partial charge in [0, 0.05) is 10.8 Å². The van der Waals surface area contributed by atoms with Crippen molar-refractivity contribution in [1.29, 1.82) is 0 Å². The molecule has 1 aromatic heterocycles. The summed E-state index contributed by atoms with van der Waals surface area (Å²) in [6.07, 6.45) is 1.52. The molecule has 0 aliphatic heterocycles. The highest BCUT2D eigenvalue weighted by molar-refractivity contribution is 7.10. The van der Waals surface area contributed by atoms with Crippen LogP contribution >= 0.6 is 11.3 Å². The molecule has 0 spiro atoms. The van der Waals surface area contributed by atoms with Crippen LogP contribution in [0.2, 0.25) is 0 Å². The molecule has 0 fully saturated rings. The number of carboxylic acid groups (broad SMARTS) is 1. The fraction of sp³-hybridized carbons (Fsp3) is 0.500. The monoisotopic (exact) mass is 228 g/mol. The standard InChI is InChI=1S/C10H16N2O2S/c11-5-1-3-7(9(12)10(13)14)8-4-2-6-15-8/h2,4,6-7,9H,1,3,5,11-12H2,(H,13,14)/t7?,9-/m0/s1. The number of aliphatic carboxylic acids is 1. The van der Waals surface area contributed by atoms with E-state index < -0.39 is 12.0 Å². The second kappa shape index (κ2) is 5.85. The Kier molecular flexibility index (Phi) is 4.74. The summed E-state index contributed by atoms with van der Waals surface area (Å²) in [5.41, 5.74) is 11.1. The molecule has 0 saturated heterocycles. The lowest BCUT2D eigenvalue weighted by molar-refractivity contribution is -0.139. The molecular formula is C10H16N2O2S. The average Bonchev–Trinajstić information content (AvgIpc) is 2.71. The molecule has 1 rings (SSSR count). The summed E-state index contributed by atoms with van der Waals surface area (Å²) in [5.74, 6) is -1.07. The Bertz CT molecular complexity index is 300. The highest BCUT2D eigenvalue weighted by atomic mass is 32.1. The number of hydrogen-bond acceptors (Lipinski definition) is 4. The summed E-state index contributed by atoms with van der Waals surface area (Å²) in [6, 6.07) is 2.99. The van der Waals surface area contributed by atoms with E-state index in [1.807, 2.05) is 17.5 Å². The van der Waals surface area contributed by atoms with E-state index in [9.17, 15) is 4.79 Å². The highest BCUT2D eigenvalue weighted by Gasteiger charge is 2.25. The summed E-state index contributed by atoms with van der Waals surface area (Å²) in [6.45, 7) is 0.564. The highest BCUT2D eigenvalue weighted by Crippen LogP contribution is 2.27. The third kappa shape index (κ3) is 3.30. The van der Waals surface area contributed by atoms with Crippen LogP contribution in [-0.2, 0) is 4.79 Å². The first-order valence-electron chi connectivity index (χ1n) is 4.88. The van der Waals surface area contributed by atoms with Crippen LogP contribution in [-0.4, -0.2) is 23.7 Å². The third-order valence-electron chi connectivity index (χ3n) is 2.35. The Morgan fingerprint density at radius 1 is 1.60 bits per heavy atom. The van der Waals surface area contributed by atoms with E-state index in [1.54, 1.807) is 11.3 Å². The molecule has 0 bridgehead atoms. The molecule has 15 heavy (non-hydrogen) atoms. The van der Waals surface area contributed by atoms with Gasteiger partial charge in [0.2, 0.25) is 0 Å². The normalized spacial score (nSPS) is 14.8. The minimum atomic E-state index is -0.953. The summed E-state index contributed by atoms with van der Waals surface area (Å²) >= 11 is 1.54. The molecular weight excluding hydrogens is 212 g/mol. The molecule has 4 nitrogen and oxygen atoms in total. The second-order valence-electron chi connectivity index (χ2n) is 3.42. The quantitative estimate of drug-likeness (QED) is 0.677. The van der Waals surface area contributed by atoms with Crippen LogP contribution in [0, 0.1) is 0 Å². The predicted molar refractivity (Wildman–Crippen MR) is 61.0 cm³/mol. The molecule has 1 aromatic rings. The van der Waals surface area contributed by atoms with Gasteiger partial charge in [-0.1, -0.05) is 6.07 Å². The molecule has 0 aliphatic rings. The van der Waals surface area contributed by atoms with Crippen molar-refractivity contribution in [1.82, 2.24) is 0 Å². The maximum absolute atomic E-state index is 10.8. The van der Waals surface area contributed by atoms with Crippen LogP contribution in [0.15, 0.2) is 17.5 Å². The van der Waals surface area contributed by atoms with Gasteiger partial charge in [0.15, 0.2) is 0 Å². The van der Waals surface area contributed by atoms with Gasteiger partial charge in [-0.25, -0.2) is 0 Å². The number of hydrogen-bond donors (Lipinski definition) is 3. The molecule has 5 heteroatoms. The first-order valence-corrected chi connectivity index (χ1v) is 5.76. The van der Waals surface area contributed by atoms with Crippen LogP contribution in [0.5, 0.6) is 0 Å². The first kappa shape index (κ1) is 12.2. The minimum absolute atomic E-state index is 0.119. The fourth-order valence-electron chi connectivity index (χ4n) is 1.51. The van der Waals surface area contributed by atoms with E-state index in [-0.39, 0.29) is 5.92 Å². The topological polar surface area (TPSA) is 89.3 Å². The first-order chi connectivity index (χ1) is 7.16. The van der Waals surface area contributed by atoms with Crippen molar-refractivity contribution in [2.75, 3.05) is 6.54 Å². The maximum atomic E-state index is 10.8. The fourth-order valence-corrected chi connectivity index (χ4v) is 2.42. The van der Waals surface area contributed by atoms with Crippen molar-refractivity contribution in [2.45, 2.75) is 24.8 Å². The number of nitrogens with two attached hydrogens (primary N) is 2. The maximum Gasteiger partial charge on any atom is 0.321 e. The van der Waals surface area contributed by atoms with Crippen molar-refractivity contribution in [3.63, 3.8) is 0 Å². The van der Waals surface area contributed by atoms with Crippen molar-refractivity contribution in [3.05, 3.63) is 22.4 Å². The minimum Gasteiger partial charge on any atom is -0.480 e. The summed E-state index contributed by atoms with van der Waals surface area (Å²) in [7, 11) is 0. The van der Waals surface area contributed by atoms with Crippen LogP contribution in [0.1, 0.15) is 23.6 Å². The summed E-state index contributed by atoms with van der Waals surface area (Å²) in [5, 5.41) is 10.8. The van der Waals surface area contributed by atoms with E-state index in [0.29, 0.717) is 6.54 Å². The smallest absolute Gasteiger partial charge is 0.321 e. The second-order valence-corrected chi connectivity index (χ2v) is 4.40. The summed E-state index contributed by atoms with van der Waals surface area (Å²) < 4.78 is 0. The lowest BCUT2D eigenvalue weighted by atomic mass is 9.93. The van der Waals surface area contributed by atoms with Crippen LogP contribution < -0.4 is 11.5 Å².